The molecule has 2 unspecified atom stereocenters. The summed E-state index contributed by atoms with van der Waals surface area (Å²) in [5.41, 5.74) is 0.979. The van der Waals surface area contributed by atoms with Crippen molar-refractivity contribution in [3.63, 3.8) is 0 Å². The molecule has 0 saturated carbocycles. The molecule has 1 fully saturated rings. The standard InChI is InChI=1S/C18H25N3O2/c1-14-7-5-11-21(16(14)13-22)12-6-10-17-19-18(20-23-17)15-8-3-2-4-9-15/h2-4,8-9,14,16,22H,5-7,10-13H2,1H3. The van der Waals surface area contributed by atoms with Crippen molar-refractivity contribution in [3.8, 4) is 11.4 Å². The van der Waals surface area contributed by atoms with Crippen LogP contribution in [0.4, 0.5) is 0 Å². The van der Waals surface area contributed by atoms with E-state index in [1.54, 1.807) is 0 Å². The average molecular weight is 315 g/mol. The zero-order chi connectivity index (χ0) is 16.1. The fourth-order valence-corrected chi connectivity index (χ4v) is 3.40. The van der Waals surface area contributed by atoms with Gasteiger partial charge in [0.1, 0.15) is 0 Å². The molecule has 0 radical (unpaired) electrons. The Labute approximate surface area is 137 Å². The van der Waals surface area contributed by atoms with Crippen LogP contribution in [-0.2, 0) is 6.42 Å². The minimum absolute atomic E-state index is 0.250. The predicted octanol–water partition coefficient (Wildman–Crippen LogP) is 2.76. The van der Waals surface area contributed by atoms with Gasteiger partial charge in [0.25, 0.3) is 0 Å². The summed E-state index contributed by atoms with van der Waals surface area (Å²) in [6.07, 6.45) is 4.19. The van der Waals surface area contributed by atoms with Crippen LogP contribution in [0, 0.1) is 5.92 Å². The molecule has 0 amide bonds. The van der Waals surface area contributed by atoms with Crippen molar-refractivity contribution in [1.82, 2.24) is 15.0 Å². The van der Waals surface area contributed by atoms with Crippen LogP contribution in [0.1, 0.15) is 32.1 Å². The first kappa shape index (κ1) is 16.1. The number of aliphatic hydroxyl groups is 1. The SMILES string of the molecule is CC1CCCN(CCCc2nc(-c3ccccc3)no2)C1CO. The van der Waals surface area contributed by atoms with Crippen molar-refractivity contribution in [3.05, 3.63) is 36.2 Å². The number of benzene rings is 1. The van der Waals surface area contributed by atoms with Gasteiger partial charge in [-0.25, -0.2) is 0 Å². The summed E-state index contributed by atoms with van der Waals surface area (Å²) in [7, 11) is 0. The second-order valence-electron chi connectivity index (χ2n) is 6.39. The van der Waals surface area contributed by atoms with E-state index in [1.807, 2.05) is 30.3 Å². The van der Waals surface area contributed by atoms with E-state index in [2.05, 4.69) is 22.0 Å². The fraction of sp³-hybridized carbons (Fsp3) is 0.556. The van der Waals surface area contributed by atoms with Gasteiger partial charge in [-0.2, -0.15) is 4.98 Å². The van der Waals surface area contributed by atoms with Gasteiger partial charge in [0.15, 0.2) is 0 Å². The lowest BCUT2D eigenvalue weighted by molar-refractivity contribution is 0.0519. The maximum Gasteiger partial charge on any atom is 0.227 e. The van der Waals surface area contributed by atoms with E-state index < -0.39 is 0 Å². The van der Waals surface area contributed by atoms with Gasteiger partial charge < -0.3 is 9.63 Å². The molecule has 0 aliphatic carbocycles. The van der Waals surface area contributed by atoms with Crippen molar-refractivity contribution in [2.45, 2.75) is 38.6 Å². The summed E-state index contributed by atoms with van der Waals surface area (Å²) in [5.74, 6) is 1.91. The number of hydrogen-bond donors (Lipinski definition) is 1. The Morgan fingerprint density at radius 2 is 2.13 bits per heavy atom. The Hall–Kier alpha value is -1.72. The molecule has 1 aliphatic rings. The van der Waals surface area contributed by atoms with Crippen LogP contribution >= 0.6 is 0 Å². The third kappa shape index (κ3) is 3.98. The second-order valence-corrected chi connectivity index (χ2v) is 6.39. The van der Waals surface area contributed by atoms with Crippen LogP contribution in [0.25, 0.3) is 11.4 Å². The van der Waals surface area contributed by atoms with Crippen LogP contribution in [-0.4, -0.2) is 45.9 Å². The average Bonchev–Trinajstić information content (AvgIpc) is 3.05. The number of piperidine rings is 1. The quantitative estimate of drug-likeness (QED) is 0.888. The molecule has 1 saturated heterocycles. The highest BCUT2D eigenvalue weighted by molar-refractivity contribution is 5.53. The first-order valence-electron chi connectivity index (χ1n) is 8.51. The highest BCUT2D eigenvalue weighted by atomic mass is 16.5. The number of hydrogen-bond acceptors (Lipinski definition) is 5. The molecule has 1 N–H and O–H groups in total. The molecule has 1 aromatic heterocycles. The van der Waals surface area contributed by atoms with Gasteiger partial charge in [-0.15, -0.1) is 0 Å². The zero-order valence-electron chi connectivity index (χ0n) is 13.7. The highest BCUT2D eigenvalue weighted by Gasteiger charge is 2.27. The van der Waals surface area contributed by atoms with Crippen LogP contribution in [0.2, 0.25) is 0 Å². The lowest BCUT2D eigenvalue weighted by atomic mass is 9.91. The van der Waals surface area contributed by atoms with E-state index in [0.717, 1.165) is 31.5 Å². The summed E-state index contributed by atoms with van der Waals surface area (Å²) in [6, 6.07) is 10.2. The Morgan fingerprint density at radius 1 is 1.30 bits per heavy atom. The van der Waals surface area contributed by atoms with Crippen LogP contribution < -0.4 is 0 Å². The molecule has 0 bridgehead atoms. The molecule has 124 valence electrons. The summed E-state index contributed by atoms with van der Waals surface area (Å²) in [4.78, 5) is 6.88. The maximum absolute atomic E-state index is 9.60. The minimum Gasteiger partial charge on any atom is -0.395 e. The minimum atomic E-state index is 0.250. The van der Waals surface area contributed by atoms with E-state index >= 15 is 0 Å². The second kappa shape index (κ2) is 7.70. The summed E-state index contributed by atoms with van der Waals surface area (Å²) >= 11 is 0. The Morgan fingerprint density at radius 3 is 2.91 bits per heavy atom. The third-order valence-electron chi connectivity index (χ3n) is 4.75. The van der Waals surface area contributed by atoms with Gasteiger partial charge in [0, 0.05) is 18.0 Å². The Bertz CT molecular complexity index is 599. The Balaban J connectivity index is 1.52. The number of aryl methyl sites for hydroxylation is 1. The van der Waals surface area contributed by atoms with Gasteiger partial charge in [-0.1, -0.05) is 42.4 Å². The van der Waals surface area contributed by atoms with Gasteiger partial charge in [-0.3, -0.25) is 4.90 Å². The van der Waals surface area contributed by atoms with E-state index in [9.17, 15) is 5.11 Å². The number of nitrogens with zero attached hydrogens (tertiary/aromatic N) is 3. The summed E-state index contributed by atoms with van der Waals surface area (Å²) in [5, 5.41) is 13.7. The molecular weight excluding hydrogens is 290 g/mol. The first-order chi connectivity index (χ1) is 11.3. The van der Waals surface area contributed by atoms with Crippen molar-refractivity contribution in [2.75, 3.05) is 19.7 Å². The number of aliphatic hydroxyl groups excluding tert-OH is 1. The molecule has 5 nitrogen and oxygen atoms in total. The third-order valence-corrected chi connectivity index (χ3v) is 4.75. The number of rotatable bonds is 6. The molecule has 1 aromatic carbocycles. The molecule has 2 aromatic rings. The van der Waals surface area contributed by atoms with E-state index in [4.69, 9.17) is 4.52 Å². The van der Waals surface area contributed by atoms with Crippen LogP contribution in [0.5, 0.6) is 0 Å². The molecule has 23 heavy (non-hydrogen) atoms. The Kier molecular flexibility index (Phi) is 5.41. The molecular formula is C18H25N3O2. The molecule has 2 heterocycles. The lowest BCUT2D eigenvalue weighted by Crippen LogP contribution is -2.46. The van der Waals surface area contributed by atoms with Crippen LogP contribution in [0.15, 0.2) is 34.9 Å². The van der Waals surface area contributed by atoms with Gasteiger partial charge in [-0.05, 0) is 38.3 Å². The molecule has 3 rings (SSSR count). The summed E-state index contributed by atoms with van der Waals surface area (Å²) < 4.78 is 5.35. The van der Waals surface area contributed by atoms with Crippen molar-refractivity contribution in [2.24, 2.45) is 5.92 Å². The monoisotopic (exact) mass is 315 g/mol. The van der Waals surface area contributed by atoms with E-state index in [1.165, 1.54) is 12.8 Å². The summed E-state index contributed by atoms with van der Waals surface area (Å²) in [6.45, 7) is 4.53. The largest absolute Gasteiger partial charge is 0.395 e. The normalized spacial score (nSPS) is 22.3. The molecule has 1 aliphatic heterocycles. The topological polar surface area (TPSA) is 62.4 Å². The van der Waals surface area contributed by atoms with Crippen molar-refractivity contribution < 1.29 is 9.63 Å². The smallest absolute Gasteiger partial charge is 0.227 e. The molecule has 2 atom stereocenters. The maximum atomic E-state index is 9.60. The molecule has 5 heteroatoms. The van der Waals surface area contributed by atoms with Crippen molar-refractivity contribution >= 4 is 0 Å². The highest BCUT2D eigenvalue weighted by Crippen LogP contribution is 2.23. The van der Waals surface area contributed by atoms with Gasteiger partial charge in [0.05, 0.1) is 6.61 Å². The van der Waals surface area contributed by atoms with E-state index in [-0.39, 0.29) is 6.61 Å². The zero-order valence-corrected chi connectivity index (χ0v) is 13.7. The van der Waals surface area contributed by atoms with Gasteiger partial charge in [0.2, 0.25) is 11.7 Å². The fourth-order valence-electron chi connectivity index (χ4n) is 3.40. The number of aromatic nitrogens is 2. The van der Waals surface area contributed by atoms with E-state index in [0.29, 0.717) is 23.7 Å². The van der Waals surface area contributed by atoms with Gasteiger partial charge >= 0.3 is 0 Å². The molecule has 0 spiro atoms. The lowest BCUT2D eigenvalue weighted by Gasteiger charge is -2.39. The number of likely N-dealkylation sites (tertiary alicyclic amines) is 1. The van der Waals surface area contributed by atoms with Crippen LogP contribution in [0.3, 0.4) is 0 Å². The predicted molar refractivity (Wildman–Crippen MR) is 88.9 cm³/mol. The van der Waals surface area contributed by atoms with Crippen molar-refractivity contribution in [1.29, 1.82) is 0 Å². The first-order valence-corrected chi connectivity index (χ1v) is 8.51.